The van der Waals surface area contributed by atoms with Crippen LogP contribution < -0.4 is 0 Å². The Hall–Kier alpha value is -2.03. The molecule has 3 aliphatic rings. The number of hydrogen-bond donors (Lipinski definition) is 0. The Morgan fingerprint density at radius 2 is 2.13 bits per heavy atom. The minimum Gasteiger partial charge on any atom is -0.464 e. The van der Waals surface area contributed by atoms with Gasteiger partial charge in [0.25, 0.3) is 0 Å². The third kappa shape index (κ3) is 1.24. The maximum Gasteiger partial charge on any atom is 0.331 e. The molecule has 0 radical (unpaired) electrons. The van der Waals surface area contributed by atoms with Crippen LogP contribution in [0.5, 0.6) is 0 Å². The Kier molecular flexibility index (Phi) is 1.65. The van der Waals surface area contributed by atoms with E-state index in [1.165, 1.54) is 6.08 Å². The van der Waals surface area contributed by atoms with Crippen molar-refractivity contribution in [2.45, 2.75) is 6.10 Å². The standard InChI is InChI=1S/C12H8O3/c13-11-6-4-9-10(15-11)5-3-8-2-1-7-14-12(8)9/h1-7,10H. The number of fused-ring (bicyclic) bond motifs is 2. The molecule has 2 aliphatic heterocycles. The lowest BCUT2D eigenvalue weighted by molar-refractivity contribution is -0.140. The molecule has 1 aliphatic carbocycles. The second-order valence-corrected chi connectivity index (χ2v) is 3.40. The van der Waals surface area contributed by atoms with E-state index in [1.54, 1.807) is 12.3 Å². The zero-order valence-electron chi connectivity index (χ0n) is 7.84. The summed E-state index contributed by atoms with van der Waals surface area (Å²) in [6.45, 7) is 0. The summed E-state index contributed by atoms with van der Waals surface area (Å²) >= 11 is 0. The molecule has 1 unspecified atom stereocenters. The largest absolute Gasteiger partial charge is 0.464 e. The summed E-state index contributed by atoms with van der Waals surface area (Å²) in [5.74, 6) is 0.460. The number of carbonyl (C=O) groups is 1. The highest BCUT2D eigenvalue weighted by molar-refractivity contribution is 5.85. The predicted molar refractivity (Wildman–Crippen MR) is 53.5 cm³/mol. The highest BCUT2D eigenvalue weighted by Gasteiger charge is 2.27. The molecular formula is C12H8O3. The third-order valence-corrected chi connectivity index (χ3v) is 2.46. The van der Waals surface area contributed by atoms with E-state index in [4.69, 9.17) is 9.47 Å². The van der Waals surface area contributed by atoms with Crippen molar-refractivity contribution >= 4 is 5.97 Å². The first-order chi connectivity index (χ1) is 7.34. The summed E-state index contributed by atoms with van der Waals surface area (Å²) in [7, 11) is 0. The van der Waals surface area contributed by atoms with Crippen molar-refractivity contribution in [3.05, 3.63) is 59.6 Å². The lowest BCUT2D eigenvalue weighted by Gasteiger charge is -2.26. The summed E-state index contributed by atoms with van der Waals surface area (Å²) in [6, 6.07) is 0. The molecule has 0 amide bonds. The van der Waals surface area contributed by atoms with Crippen LogP contribution in [0.1, 0.15) is 0 Å². The van der Waals surface area contributed by atoms with Crippen LogP contribution in [0.2, 0.25) is 0 Å². The Morgan fingerprint density at radius 1 is 1.20 bits per heavy atom. The number of ether oxygens (including phenoxy) is 2. The van der Waals surface area contributed by atoms with E-state index in [2.05, 4.69) is 0 Å². The smallest absolute Gasteiger partial charge is 0.331 e. The number of allylic oxidation sites excluding steroid dienone is 3. The topological polar surface area (TPSA) is 35.5 Å². The maximum absolute atomic E-state index is 11.0. The van der Waals surface area contributed by atoms with Gasteiger partial charge in [-0.2, -0.15) is 0 Å². The van der Waals surface area contributed by atoms with Gasteiger partial charge in [-0.05, 0) is 24.3 Å². The summed E-state index contributed by atoms with van der Waals surface area (Å²) in [5.41, 5.74) is 1.90. The van der Waals surface area contributed by atoms with Gasteiger partial charge in [-0.15, -0.1) is 0 Å². The van der Waals surface area contributed by atoms with Gasteiger partial charge in [0.15, 0.2) is 0 Å². The van der Waals surface area contributed by atoms with E-state index in [1.807, 2.05) is 24.3 Å². The Morgan fingerprint density at radius 3 is 3.07 bits per heavy atom. The molecule has 0 aromatic heterocycles. The van der Waals surface area contributed by atoms with Gasteiger partial charge in [-0.1, -0.05) is 6.08 Å². The minimum absolute atomic E-state index is 0.304. The van der Waals surface area contributed by atoms with E-state index in [9.17, 15) is 4.79 Å². The molecule has 2 heterocycles. The Bertz CT molecular complexity index is 475. The van der Waals surface area contributed by atoms with E-state index < -0.39 is 0 Å². The van der Waals surface area contributed by atoms with Crippen LogP contribution in [0.25, 0.3) is 0 Å². The highest BCUT2D eigenvalue weighted by Crippen LogP contribution is 2.32. The van der Waals surface area contributed by atoms with Gasteiger partial charge in [0.05, 0.1) is 6.26 Å². The quantitative estimate of drug-likeness (QED) is 0.559. The number of carbonyl (C=O) groups excluding carboxylic acids is 1. The van der Waals surface area contributed by atoms with Crippen molar-refractivity contribution in [1.29, 1.82) is 0 Å². The van der Waals surface area contributed by atoms with Crippen molar-refractivity contribution in [3.8, 4) is 0 Å². The zero-order valence-corrected chi connectivity index (χ0v) is 7.84. The molecule has 0 fully saturated rings. The highest BCUT2D eigenvalue weighted by atomic mass is 16.5. The molecule has 3 rings (SSSR count). The normalized spacial score (nSPS) is 26.5. The molecule has 0 bridgehead atoms. The van der Waals surface area contributed by atoms with Crippen LogP contribution >= 0.6 is 0 Å². The number of rotatable bonds is 0. The molecule has 15 heavy (non-hydrogen) atoms. The van der Waals surface area contributed by atoms with Crippen LogP contribution in [0.3, 0.4) is 0 Å². The predicted octanol–water partition coefficient (Wildman–Crippen LogP) is 1.76. The van der Waals surface area contributed by atoms with Crippen LogP contribution in [0.15, 0.2) is 59.6 Å². The SMILES string of the molecule is O=C1C=CC2=C3OC=CC=C3C=CC2O1. The Labute approximate surface area is 86.7 Å². The van der Waals surface area contributed by atoms with E-state index in [0.29, 0.717) is 0 Å². The van der Waals surface area contributed by atoms with Gasteiger partial charge in [-0.3, -0.25) is 0 Å². The molecule has 0 aromatic carbocycles. The first-order valence-corrected chi connectivity index (χ1v) is 4.69. The summed E-state index contributed by atoms with van der Waals surface area (Å²) in [6.07, 6.45) is 12.0. The van der Waals surface area contributed by atoms with E-state index in [-0.39, 0.29) is 12.1 Å². The first-order valence-electron chi connectivity index (χ1n) is 4.69. The molecule has 3 nitrogen and oxygen atoms in total. The maximum atomic E-state index is 11.0. The fourth-order valence-corrected chi connectivity index (χ4v) is 1.78. The lowest BCUT2D eigenvalue weighted by Crippen LogP contribution is -2.24. The monoisotopic (exact) mass is 200 g/mol. The lowest BCUT2D eigenvalue weighted by atomic mass is 9.94. The average Bonchev–Trinajstić information content (AvgIpc) is 2.28. The molecule has 0 spiro atoms. The number of hydrogen-bond acceptors (Lipinski definition) is 3. The summed E-state index contributed by atoms with van der Waals surface area (Å²) in [4.78, 5) is 11.0. The van der Waals surface area contributed by atoms with Gasteiger partial charge in [0.1, 0.15) is 11.9 Å². The molecule has 1 atom stereocenters. The molecule has 74 valence electrons. The average molecular weight is 200 g/mol. The molecule has 0 saturated heterocycles. The summed E-state index contributed by atoms with van der Waals surface area (Å²) < 4.78 is 10.6. The van der Waals surface area contributed by atoms with Crippen molar-refractivity contribution in [3.63, 3.8) is 0 Å². The second kappa shape index (κ2) is 2.98. The van der Waals surface area contributed by atoms with Gasteiger partial charge >= 0.3 is 5.97 Å². The third-order valence-electron chi connectivity index (χ3n) is 2.46. The molecule has 0 aromatic rings. The number of esters is 1. The Balaban J connectivity index is 2.12. The van der Waals surface area contributed by atoms with Gasteiger partial charge < -0.3 is 9.47 Å². The fourth-order valence-electron chi connectivity index (χ4n) is 1.78. The van der Waals surface area contributed by atoms with Gasteiger partial charge in [0, 0.05) is 17.2 Å². The molecule has 0 saturated carbocycles. The van der Waals surface area contributed by atoms with Crippen LogP contribution in [0, 0.1) is 0 Å². The summed E-state index contributed by atoms with van der Waals surface area (Å²) in [5, 5.41) is 0. The van der Waals surface area contributed by atoms with E-state index in [0.717, 1.165) is 16.9 Å². The second-order valence-electron chi connectivity index (χ2n) is 3.40. The van der Waals surface area contributed by atoms with Crippen LogP contribution in [0.4, 0.5) is 0 Å². The van der Waals surface area contributed by atoms with Crippen molar-refractivity contribution in [1.82, 2.24) is 0 Å². The van der Waals surface area contributed by atoms with Gasteiger partial charge in [0.2, 0.25) is 0 Å². The van der Waals surface area contributed by atoms with Crippen molar-refractivity contribution in [2.24, 2.45) is 0 Å². The first kappa shape index (κ1) is 8.29. The van der Waals surface area contributed by atoms with Crippen LogP contribution in [-0.4, -0.2) is 12.1 Å². The van der Waals surface area contributed by atoms with E-state index >= 15 is 0 Å². The molecular weight excluding hydrogens is 192 g/mol. The fraction of sp³-hybridized carbons (Fsp3) is 0.0833. The van der Waals surface area contributed by atoms with Crippen molar-refractivity contribution in [2.75, 3.05) is 0 Å². The molecule has 3 heteroatoms. The van der Waals surface area contributed by atoms with Crippen LogP contribution in [-0.2, 0) is 14.3 Å². The minimum atomic E-state index is -0.312. The van der Waals surface area contributed by atoms with Gasteiger partial charge in [-0.25, -0.2) is 4.79 Å². The van der Waals surface area contributed by atoms with Crippen molar-refractivity contribution < 1.29 is 14.3 Å². The molecule has 0 N–H and O–H groups in total. The zero-order chi connectivity index (χ0) is 10.3.